The van der Waals surface area contributed by atoms with Gasteiger partial charge in [0.2, 0.25) is 0 Å². The molecule has 0 spiro atoms. The van der Waals surface area contributed by atoms with Crippen LogP contribution in [0.4, 0.5) is 13.2 Å². The third-order valence-corrected chi connectivity index (χ3v) is 3.63. The van der Waals surface area contributed by atoms with Crippen LogP contribution in [0.5, 0.6) is 0 Å². The molecular formula is C16H19F3N2O2. The monoisotopic (exact) mass is 328 g/mol. The van der Waals surface area contributed by atoms with Crippen LogP contribution in [0.3, 0.4) is 0 Å². The molecule has 0 aliphatic carbocycles. The van der Waals surface area contributed by atoms with E-state index in [0.717, 1.165) is 5.56 Å². The molecule has 1 unspecified atom stereocenters. The van der Waals surface area contributed by atoms with E-state index in [2.05, 4.69) is 5.10 Å². The van der Waals surface area contributed by atoms with Gasteiger partial charge in [0, 0.05) is 17.7 Å². The van der Waals surface area contributed by atoms with Crippen molar-refractivity contribution in [2.75, 3.05) is 0 Å². The molecule has 2 rings (SSSR count). The second-order valence-electron chi connectivity index (χ2n) is 6.24. The van der Waals surface area contributed by atoms with Gasteiger partial charge in [0.15, 0.2) is 0 Å². The van der Waals surface area contributed by atoms with Crippen LogP contribution >= 0.6 is 0 Å². The highest BCUT2D eigenvalue weighted by Gasteiger charge is 2.63. The molecule has 0 aromatic heterocycles. The molecule has 1 N–H and O–H groups in total. The fourth-order valence-corrected chi connectivity index (χ4v) is 2.46. The summed E-state index contributed by atoms with van der Waals surface area (Å²) in [5.74, 6) is -0.899. The molecule has 7 heteroatoms. The SMILES string of the molecule is Cc1ccc(C(=O)N2N=C(CC(C)C)CC2(O)C(F)(F)F)cc1. The standard InChI is InChI=1S/C16H19F3N2O2/c1-10(2)8-13-9-15(23,16(17,18)19)21(20-13)14(22)12-6-4-11(3)5-7-12/h4-7,10,23H,8-9H2,1-3H3. The van der Waals surface area contributed by atoms with Crippen molar-refractivity contribution in [1.82, 2.24) is 5.01 Å². The van der Waals surface area contributed by atoms with Gasteiger partial charge in [0.1, 0.15) is 0 Å². The van der Waals surface area contributed by atoms with Gasteiger partial charge in [0.25, 0.3) is 11.6 Å². The van der Waals surface area contributed by atoms with E-state index in [0.29, 0.717) is 0 Å². The number of nitrogens with zero attached hydrogens (tertiary/aromatic N) is 2. The molecule has 23 heavy (non-hydrogen) atoms. The number of aryl methyl sites for hydroxylation is 1. The first-order valence-corrected chi connectivity index (χ1v) is 7.31. The average molecular weight is 328 g/mol. The Morgan fingerprint density at radius 1 is 1.35 bits per heavy atom. The lowest BCUT2D eigenvalue weighted by Gasteiger charge is -2.32. The van der Waals surface area contributed by atoms with Crippen molar-refractivity contribution in [2.24, 2.45) is 11.0 Å². The largest absolute Gasteiger partial charge is 0.438 e. The highest BCUT2D eigenvalue weighted by atomic mass is 19.4. The maximum absolute atomic E-state index is 13.3. The number of benzene rings is 1. The van der Waals surface area contributed by atoms with Gasteiger partial charge in [0.05, 0.1) is 0 Å². The number of hydrogen-bond acceptors (Lipinski definition) is 3. The minimum absolute atomic E-state index is 0.0489. The summed E-state index contributed by atoms with van der Waals surface area (Å²) in [7, 11) is 0. The van der Waals surface area contributed by atoms with E-state index < -0.39 is 24.2 Å². The van der Waals surface area contributed by atoms with Gasteiger partial charge in [-0.2, -0.15) is 23.3 Å². The number of amides is 1. The molecule has 0 saturated carbocycles. The Bertz CT molecular complexity index is 623. The van der Waals surface area contributed by atoms with Gasteiger partial charge >= 0.3 is 6.18 Å². The van der Waals surface area contributed by atoms with E-state index in [-0.39, 0.29) is 28.6 Å². The zero-order chi connectivity index (χ0) is 17.4. The van der Waals surface area contributed by atoms with Crippen molar-refractivity contribution >= 4 is 11.6 Å². The number of aliphatic hydroxyl groups is 1. The number of rotatable bonds is 3. The lowest BCUT2D eigenvalue weighted by atomic mass is 9.99. The third kappa shape index (κ3) is 3.39. The zero-order valence-corrected chi connectivity index (χ0v) is 13.2. The zero-order valence-electron chi connectivity index (χ0n) is 13.2. The minimum Gasteiger partial charge on any atom is -0.362 e. The number of hydrogen-bond donors (Lipinski definition) is 1. The summed E-state index contributed by atoms with van der Waals surface area (Å²) in [5.41, 5.74) is -2.20. The fraction of sp³-hybridized carbons (Fsp3) is 0.500. The second-order valence-corrected chi connectivity index (χ2v) is 6.24. The third-order valence-electron chi connectivity index (χ3n) is 3.63. The molecule has 1 aromatic rings. The molecule has 0 fully saturated rings. The normalized spacial score (nSPS) is 21.7. The molecular weight excluding hydrogens is 309 g/mol. The Hall–Kier alpha value is -1.89. The first-order chi connectivity index (χ1) is 10.5. The van der Waals surface area contributed by atoms with E-state index >= 15 is 0 Å². The van der Waals surface area contributed by atoms with Gasteiger partial charge < -0.3 is 5.11 Å². The second kappa shape index (κ2) is 5.96. The summed E-state index contributed by atoms with van der Waals surface area (Å²) in [4.78, 5) is 12.4. The summed E-state index contributed by atoms with van der Waals surface area (Å²) in [6.07, 6.45) is -5.42. The lowest BCUT2D eigenvalue weighted by molar-refractivity contribution is -0.297. The molecule has 0 bridgehead atoms. The molecule has 4 nitrogen and oxygen atoms in total. The van der Waals surface area contributed by atoms with Crippen molar-refractivity contribution in [2.45, 2.75) is 45.5 Å². The Morgan fingerprint density at radius 3 is 2.39 bits per heavy atom. The maximum Gasteiger partial charge on any atom is 0.438 e. The number of hydrazone groups is 1. The van der Waals surface area contributed by atoms with Crippen molar-refractivity contribution in [3.05, 3.63) is 35.4 Å². The first-order valence-electron chi connectivity index (χ1n) is 7.31. The van der Waals surface area contributed by atoms with Gasteiger partial charge in [-0.05, 0) is 31.4 Å². The summed E-state index contributed by atoms with van der Waals surface area (Å²) in [6, 6.07) is 6.08. The number of halogens is 3. The van der Waals surface area contributed by atoms with E-state index in [1.807, 2.05) is 13.8 Å². The molecule has 1 aromatic carbocycles. The molecule has 1 heterocycles. The predicted molar refractivity (Wildman–Crippen MR) is 79.9 cm³/mol. The fourth-order valence-electron chi connectivity index (χ4n) is 2.46. The van der Waals surface area contributed by atoms with E-state index in [1.165, 1.54) is 12.1 Å². The Morgan fingerprint density at radius 2 is 1.91 bits per heavy atom. The molecule has 1 aliphatic rings. The van der Waals surface area contributed by atoms with E-state index in [9.17, 15) is 23.1 Å². The average Bonchev–Trinajstić information content (AvgIpc) is 2.75. The molecule has 126 valence electrons. The quantitative estimate of drug-likeness (QED) is 0.923. The Balaban J connectivity index is 2.39. The van der Waals surface area contributed by atoms with Gasteiger partial charge in [-0.1, -0.05) is 31.5 Å². The minimum atomic E-state index is -4.99. The summed E-state index contributed by atoms with van der Waals surface area (Å²) >= 11 is 0. The summed E-state index contributed by atoms with van der Waals surface area (Å²) in [6.45, 7) is 5.47. The summed E-state index contributed by atoms with van der Waals surface area (Å²) in [5, 5.41) is 14.1. The highest BCUT2D eigenvalue weighted by Crippen LogP contribution is 2.41. The number of alkyl halides is 3. The molecule has 0 saturated heterocycles. The van der Waals surface area contributed by atoms with Crippen LogP contribution in [-0.2, 0) is 0 Å². The van der Waals surface area contributed by atoms with Crippen LogP contribution in [0.15, 0.2) is 29.4 Å². The van der Waals surface area contributed by atoms with Crippen molar-refractivity contribution in [3.8, 4) is 0 Å². The maximum atomic E-state index is 13.3. The van der Waals surface area contributed by atoms with Gasteiger partial charge in [-0.15, -0.1) is 0 Å². The van der Waals surface area contributed by atoms with E-state index in [1.54, 1.807) is 19.1 Å². The number of carbonyl (C=O) groups is 1. The van der Waals surface area contributed by atoms with Crippen LogP contribution in [-0.4, -0.2) is 33.6 Å². The molecule has 1 aliphatic heterocycles. The van der Waals surface area contributed by atoms with Crippen molar-refractivity contribution < 1.29 is 23.1 Å². The van der Waals surface area contributed by atoms with Gasteiger partial charge in [-0.3, -0.25) is 4.79 Å². The van der Waals surface area contributed by atoms with Crippen LogP contribution in [0.25, 0.3) is 0 Å². The molecule has 1 atom stereocenters. The van der Waals surface area contributed by atoms with Crippen LogP contribution in [0.1, 0.15) is 42.6 Å². The van der Waals surface area contributed by atoms with E-state index in [4.69, 9.17) is 0 Å². The molecule has 0 radical (unpaired) electrons. The Labute approximate surface area is 132 Å². The van der Waals surface area contributed by atoms with Crippen molar-refractivity contribution in [1.29, 1.82) is 0 Å². The van der Waals surface area contributed by atoms with Crippen LogP contribution in [0, 0.1) is 12.8 Å². The topological polar surface area (TPSA) is 52.9 Å². The van der Waals surface area contributed by atoms with Crippen LogP contribution < -0.4 is 0 Å². The van der Waals surface area contributed by atoms with Gasteiger partial charge in [-0.25, -0.2) is 0 Å². The molecule has 1 amide bonds. The smallest absolute Gasteiger partial charge is 0.362 e. The summed E-state index contributed by atoms with van der Waals surface area (Å²) < 4.78 is 40.0. The first kappa shape index (κ1) is 17.5. The number of carbonyl (C=O) groups excluding carboxylic acids is 1. The lowest BCUT2D eigenvalue weighted by Crippen LogP contribution is -2.56. The van der Waals surface area contributed by atoms with Crippen LogP contribution in [0.2, 0.25) is 0 Å². The highest BCUT2D eigenvalue weighted by molar-refractivity contribution is 5.98. The Kier molecular flexibility index (Phi) is 4.52. The predicted octanol–water partition coefficient (Wildman–Crippen LogP) is 3.49. The van der Waals surface area contributed by atoms with Crippen molar-refractivity contribution in [3.63, 3.8) is 0 Å².